The van der Waals surface area contributed by atoms with Crippen molar-refractivity contribution in [3.63, 3.8) is 0 Å². The van der Waals surface area contributed by atoms with Crippen molar-refractivity contribution >= 4 is 17.5 Å². The average Bonchev–Trinajstić information content (AvgIpc) is 3.07. The molecule has 0 aliphatic carbocycles. The molecule has 0 spiro atoms. The third-order valence-electron chi connectivity index (χ3n) is 5.17. The standard InChI is InChI=1S/C20H18F5N3O4/c1-8-13(10-3-4-11(21)14(22)15(10)31-2)16(32-17(8)20(23,24)25)19(30)28-9-5-6-27-12(7-9)18(26)29/h3-8,13,16-17H,1-2H3,(H2,26,29)(H,27,28,30)/t8-,13+,16-,17+/m0/s1. The molecule has 0 saturated carbocycles. The number of hydrogen-bond donors (Lipinski definition) is 2. The number of nitrogens with zero attached hydrogens (tertiary/aromatic N) is 1. The Hall–Kier alpha value is -3.28. The van der Waals surface area contributed by atoms with Gasteiger partial charge in [-0.2, -0.15) is 17.6 Å². The Morgan fingerprint density at radius 1 is 1.22 bits per heavy atom. The van der Waals surface area contributed by atoms with E-state index < -0.39 is 59.4 Å². The second kappa shape index (κ2) is 8.69. The molecule has 0 bridgehead atoms. The Bertz CT molecular complexity index is 1050. The van der Waals surface area contributed by atoms with Gasteiger partial charge in [0.2, 0.25) is 5.82 Å². The van der Waals surface area contributed by atoms with E-state index in [9.17, 15) is 31.5 Å². The third kappa shape index (κ3) is 4.35. The molecular weight excluding hydrogens is 441 g/mol. The van der Waals surface area contributed by atoms with Crippen molar-refractivity contribution in [3.8, 4) is 5.75 Å². The number of anilines is 1. The molecule has 172 valence electrons. The lowest BCUT2D eigenvalue weighted by Gasteiger charge is -2.24. The lowest BCUT2D eigenvalue weighted by Crippen LogP contribution is -2.35. The summed E-state index contributed by atoms with van der Waals surface area (Å²) in [6.45, 7) is 1.19. The average molecular weight is 459 g/mol. The molecule has 0 unspecified atom stereocenters. The van der Waals surface area contributed by atoms with Crippen LogP contribution in [0.25, 0.3) is 0 Å². The van der Waals surface area contributed by atoms with E-state index in [-0.39, 0.29) is 16.9 Å². The van der Waals surface area contributed by atoms with Gasteiger partial charge in [0.25, 0.3) is 11.8 Å². The minimum atomic E-state index is -4.83. The number of rotatable bonds is 5. The van der Waals surface area contributed by atoms with Crippen LogP contribution in [0, 0.1) is 17.6 Å². The topological polar surface area (TPSA) is 104 Å². The van der Waals surface area contributed by atoms with Crippen LogP contribution in [-0.4, -0.2) is 42.3 Å². The Morgan fingerprint density at radius 2 is 1.91 bits per heavy atom. The Balaban J connectivity index is 2.02. The van der Waals surface area contributed by atoms with Crippen LogP contribution in [0.1, 0.15) is 28.9 Å². The maximum Gasteiger partial charge on any atom is 0.414 e. The number of benzene rings is 1. The molecule has 3 rings (SSSR count). The largest absolute Gasteiger partial charge is 0.493 e. The SMILES string of the molecule is COc1c([C@H]2[C@H](C)[C@H](C(F)(F)F)O[C@@H]2C(=O)Nc2ccnc(C(N)=O)c2)ccc(F)c1F. The number of ether oxygens (including phenoxy) is 2. The van der Waals surface area contributed by atoms with Crippen LogP contribution >= 0.6 is 0 Å². The number of nitrogens with one attached hydrogen (secondary N) is 1. The molecule has 1 aromatic heterocycles. The highest BCUT2D eigenvalue weighted by atomic mass is 19.4. The van der Waals surface area contributed by atoms with Gasteiger partial charge in [0.05, 0.1) is 7.11 Å². The number of methoxy groups -OCH3 is 1. The number of carbonyl (C=O) groups excluding carboxylic acids is 2. The number of pyridine rings is 1. The number of nitrogens with two attached hydrogens (primary N) is 1. The summed E-state index contributed by atoms with van der Waals surface area (Å²) in [6.07, 6.45) is -7.74. The van der Waals surface area contributed by atoms with Gasteiger partial charge in [-0.1, -0.05) is 13.0 Å². The second-order valence-corrected chi connectivity index (χ2v) is 7.17. The quantitative estimate of drug-likeness (QED) is 0.669. The minimum absolute atomic E-state index is 0.0292. The van der Waals surface area contributed by atoms with E-state index in [1.54, 1.807) is 0 Å². The van der Waals surface area contributed by atoms with Gasteiger partial charge in [0.15, 0.2) is 17.7 Å². The highest BCUT2D eigenvalue weighted by Crippen LogP contribution is 2.49. The molecule has 1 fully saturated rings. The molecule has 12 heteroatoms. The van der Waals surface area contributed by atoms with Gasteiger partial charge in [-0.25, -0.2) is 4.39 Å². The zero-order chi connectivity index (χ0) is 23.8. The summed E-state index contributed by atoms with van der Waals surface area (Å²) in [5.74, 6) is -7.83. The summed E-state index contributed by atoms with van der Waals surface area (Å²) in [5.41, 5.74) is 4.82. The van der Waals surface area contributed by atoms with Gasteiger partial charge >= 0.3 is 6.18 Å². The lowest BCUT2D eigenvalue weighted by atomic mass is 9.81. The summed E-state index contributed by atoms with van der Waals surface area (Å²) in [7, 11) is 1.03. The first kappa shape index (κ1) is 23.4. The van der Waals surface area contributed by atoms with E-state index in [2.05, 4.69) is 10.3 Å². The third-order valence-corrected chi connectivity index (χ3v) is 5.17. The highest BCUT2D eigenvalue weighted by Gasteiger charge is 2.57. The van der Waals surface area contributed by atoms with Crippen LogP contribution in [0.2, 0.25) is 0 Å². The van der Waals surface area contributed by atoms with Crippen molar-refractivity contribution in [1.82, 2.24) is 4.98 Å². The first-order chi connectivity index (χ1) is 15.0. The van der Waals surface area contributed by atoms with Crippen molar-refractivity contribution in [2.75, 3.05) is 12.4 Å². The molecule has 4 atom stereocenters. The summed E-state index contributed by atoms with van der Waals surface area (Å²) in [4.78, 5) is 27.9. The minimum Gasteiger partial charge on any atom is -0.493 e. The predicted octanol–water partition coefficient (Wildman–Crippen LogP) is 3.16. The molecule has 1 aliphatic rings. The summed E-state index contributed by atoms with van der Waals surface area (Å²) in [6, 6.07) is 4.21. The summed E-state index contributed by atoms with van der Waals surface area (Å²) < 4.78 is 78.5. The zero-order valence-electron chi connectivity index (χ0n) is 16.7. The second-order valence-electron chi connectivity index (χ2n) is 7.17. The van der Waals surface area contributed by atoms with Crippen molar-refractivity contribution in [2.45, 2.75) is 31.2 Å². The fourth-order valence-corrected chi connectivity index (χ4v) is 3.75. The van der Waals surface area contributed by atoms with Gasteiger partial charge in [0.1, 0.15) is 11.8 Å². The predicted molar refractivity (Wildman–Crippen MR) is 101 cm³/mol. The van der Waals surface area contributed by atoms with Gasteiger partial charge in [0, 0.05) is 29.3 Å². The summed E-state index contributed by atoms with van der Waals surface area (Å²) >= 11 is 0. The molecule has 1 aliphatic heterocycles. The van der Waals surface area contributed by atoms with Gasteiger partial charge in [-0.15, -0.1) is 0 Å². The van der Waals surface area contributed by atoms with Gasteiger partial charge in [-0.3, -0.25) is 14.6 Å². The van der Waals surface area contributed by atoms with Crippen molar-refractivity contribution in [1.29, 1.82) is 0 Å². The van der Waals surface area contributed by atoms with Crippen molar-refractivity contribution in [2.24, 2.45) is 11.7 Å². The van der Waals surface area contributed by atoms with Crippen molar-refractivity contribution in [3.05, 3.63) is 53.4 Å². The fourth-order valence-electron chi connectivity index (χ4n) is 3.75. The number of alkyl halides is 3. The maximum atomic E-state index is 14.3. The van der Waals surface area contributed by atoms with Crippen LogP contribution in [0.15, 0.2) is 30.5 Å². The van der Waals surface area contributed by atoms with E-state index in [4.69, 9.17) is 15.2 Å². The number of hydrogen-bond acceptors (Lipinski definition) is 5. The fraction of sp³-hybridized carbons (Fsp3) is 0.350. The van der Waals surface area contributed by atoms with Crippen LogP contribution in [-0.2, 0) is 9.53 Å². The number of carbonyl (C=O) groups is 2. The van der Waals surface area contributed by atoms with E-state index in [0.29, 0.717) is 0 Å². The smallest absolute Gasteiger partial charge is 0.414 e. The molecular formula is C20H18F5N3O4. The molecule has 2 heterocycles. The molecule has 3 N–H and O–H groups in total. The Morgan fingerprint density at radius 3 is 2.50 bits per heavy atom. The van der Waals surface area contributed by atoms with E-state index in [1.807, 2.05) is 0 Å². The molecule has 7 nitrogen and oxygen atoms in total. The Kier molecular flexibility index (Phi) is 6.35. The van der Waals surface area contributed by atoms with Crippen molar-refractivity contribution < 1.29 is 41.0 Å². The van der Waals surface area contributed by atoms with Crippen LogP contribution < -0.4 is 15.8 Å². The molecule has 0 radical (unpaired) electrons. The molecule has 32 heavy (non-hydrogen) atoms. The lowest BCUT2D eigenvalue weighted by molar-refractivity contribution is -0.221. The molecule has 2 amide bonds. The van der Waals surface area contributed by atoms with E-state index in [1.165, 1.54) is 19.2 Å². The van der Waals surface area contributed by atoms with Crippen LogP contribution in [0.5, 0.6) is 5.75 Å². The molecule has 2 aromatic rings. The van der Waals surface area contributed by atoms with Crippen LogP contribution in [0.3, 0.4) is 0 Å². The number of aromatic nitrogens is 1. The first-order valence-corrected chi connectivity index (χ1v) is 9.26. The maximum absolute atomic E-state index is 14.3. The number of amides is 2. The monoisotopic (exact) mass is 459 g/mol. The number of halogens is 5. The zero-order valence-corrected chi connectivity index (χ0v) is 16.7. The number of primary amides is 1. The van der Waals surface area contributed by atoms with Gasteiger partial charge in [-0.05, 0) is 18.2 Å². The normalized spacial score (nSPS) is 23.1. The molecule has 1 aromatic carbocycles. The van der Waals surface area contributed by atoms with Gasteiger partial charge < -0.3 is 20.5 Å². The summed E-state index contributed by atoms with van der Waals surface area (Å²) in [5, 5.41) is 2.35. The van der Waals surface area contributed by atoms with E-state index in [0.717, 1.165) is 25.3 Å². The Labute approximate surface area is 178 Å². The highest BCUT2D eigenvalue weighted by molar-refractivity contribution is 5.97. The van der Waals surface area contributed by atoms with E-state index >= 15 is 0 Å². The van der Waals surface area contributed by atoms with Crippen LogP contribution in [0.4, 0.5) is 27.6 Å². The first-order valence-electron chi connectivity index (χ1n) is 9.26. The molecule has 1 saturated heterocycles.